The number of benzene rings is 1. The summed E-state index contributed by atoms with van der Waals surface area (Å²) in [4.78, 5) is 14.4. The third-order valence-electron chi connectivity index (χ3n) is 3.70. The van der Waals surface area contributed by atoms with Crippen LogP contribution in [0.1, 0.15) is 45.6 Å². The number of hydrogen-bond donors (Lipinski definition) is 2. The lowest BCUT2D eigenvalue weighted by atomic mass is 10.1. The highest BCUT2D eigenvalue weighted by molar-refractivity contribution is 5.94. The quantitative estimate of drug-likeness (QED) is 0.735. The van der Waals surface area contributed by atoms with E-state index >= 15 is 0 Å². The van der Waals surface area contributed by atoms with Crippen LogP contribution in [0.3, 0.4) is 0 Å². The summed E-state index contributed by atoms with van der Waals surface area (Å²) in [6.07, 6.45) is 2.78. The molecule has 0 heterocycles. The number of rotatable bonds is 9. The number of anilines is 1. The normalized spacial score (nSPS) is 12.4. The van der Waals surface area contributed by atoms with E-state index in [0.29, 0.717) is 0 Å². The fourth-order valence-corrected chi connectivity index (χ4v) is 2.24. The molecule has 0 spiro atoms. The Bertz CT molecular complexity index is 430. The molecular weight excluding hydrogens is 262 g/mol. The minimum Gasteiger partial charge on any atom is -0.325 e. The van der Waals surface area contributed by atoms with Crippen LogP contribution in [0.2, 0.25) is 0 Å². The average molecular weight is 291 g/mol. The van der Waals surface area contributed by atoms with Crippen LogP contribution in [-0.2, 0) is 11.3 Å². The van der Waals surface area contributed by atoms with Crippen molar-refractivity contribution in [3.05, 3.63) is 29.8 Å². The van der Waals surface area contributed by atoms with Gasteiger partial charge in [-0.15, -0.1) is 0 Å². The zero-order valence-electron chi connectivity index (χ0n) is 13.6. The molecule has 21 heavy (non-hydrogen) atoms. The van der Waals surface area contributed by atoms with E-state index in [1.165, 1.54) is 5.56 Å². The SMILES string of the molecule is CCCC[C@H](N)C(=O)Nc1cccc(CN(CC)CC)c1. The van der Waals surface area contributed by atoms with E-state index in [2.05, 4.69) is 37.1 Å². The summed E-state index contributed by atoms with van der Waals surface area (Å²) < 4.78 is 0. The molecule has 0 unspecified atom stereocenters. The van der Waals surface area contributed by atoms with Gasteiger partial charge >= 0.3 is 0 Å². The van der Waals surface area contributed by atoms with Crippen LogP contribution < -0.4 is 11.1 Å². The Labute approximate surface area is 128 Å². The van der Waals surface area contributed by atoms with Crippen molar-refractivity contribution in [3.63, 3.8) is 0 Å². The smallest absolute Gasteiger partial charge is 0.241 e. The van der Waals surface area contributed by atoms with Gasteiger partial charge in [0.15, 0.2) is 0 Å². The van der Waals surface area contributed by atoms with Crippen LogP contribution in [0.5, 0.6) is 0 Å². The maximum Gasteiger partial charge on any atom is 0.241 e. The van der Waals surface area contributed by atoms with Gasteiger partial charge in [-0.1, -0.05) is 45.7 Å². The van der Waals surface area contributed by atoms with Gasteiger partial charge in [0.2, 0.25) is 5.91 Å². The summed E-state index contributed by atoms with van der Waals surface area (Å²) in [6.45, 7) is 9.35. The second-order valence-corrected chi connectivity index (χ2v) is 5.40. The van der Waals surface area contributed by atoms with Crippen molar-refractivity contribution < 1.29 is 4.79 Å². The van der Waals surface area contributed by atoms with E-state index in [1.807, 2.05) is 18.2 Å². The highest BCUT2D eigenvalue weighted by Gasteiger charge is 2.13. The largest absolute Gasteiger partial charge is 0.325 e. The lowest BCUT2D eigenvalue weighted by molar-refractivity contribution is -0.117. The summed E-state index contributed by atoms with van der Waals surface area (Å²) in [7, 11) is 0. The predicted molar refractivity (Wildman–Crippen MR) is 89.2 cm³/mol. The maximum atomic E-state index is 12.0. The molecule has 0 aliphatic rings. The van der Waals surface area contributed by atoms with Crippen LogP contribution >= 0.6 is 0 Å². The van der Waals surface area contributed by atoms with Gasteiger partial charge in [-0.05, 0) is 37.2 Å². The molecule has 1 amide bonds. The van der Waals surface area contributed by atoms with E-state index < -0.39 is 6.04 Å². The molecule has 118 valence electrons. The number of unbranched alkanes of at least 4 members (excludes halogenated alkanes) is 1. The first-order valence-electron chi connectivity index (χ1n) is 7.98. The van der Waals surface area contributed by atoms with Gasteiger partial charge in [-0.25, -0.2) is 0 Å². The molecule has 4 heteroatoms. The van der Waals surface area contributed by atoms with Crippen LogP contribution in [0.15, 0.2) is 24.3 Å². The summed E-state index contributed by atoms with van der Waals surface area (Å²) >= 11 is 0. The predicted octanol–water partition coefficient (Wildman–Crippen LogP) is 2.98. The van der Waals surface area contributed by atoms with E-state index in [0.717, 1.165) is 44.6 Å². The zero-order valence-corrected chi connectivity index (χ0v) is 13.6. The van der Waals surface area contributed by atoms with Crippen molar-refractivity contribution in [2.45, 2.75) is 52.6 Å². The van der Waals surface area contributed by atoms with Gasteiger partial charge in [0.05, 0.1) is 6.04 Å². The maximum absolute atomic E-state index is 12.0. The lowest BCUT2D eigenvalue weighted by Gasteiger charge is -2.18. The van der Waals surface area contributed by atoms with Gasteiger partial charge in [0, 0.05) is 12.2 Å². The van der Waals surface area contributed by atoms with Crippen LogP contribution in [0, 0.1) is 0 Å². The Kier molecular flexibility index (Phi) is 8.01. The van der Waals surface area contributed by atoms with Gasteiger partial charge in [-0.2, -0.15) is 0 Å². The molecule has 1 aromatic rings. The van der Waals surface area contributed by atoms with E-state index in [-0.39, 0.29) is 5.91 Å². The van der Waals surface area contributed by atoms with Crippen molar-refractivity contribution in [2.75, 3.05) is 18.4 Å². The summed E-state index contributed by atoms with van der Waals surface area (Å²) in [5, 5.41) is 2.92. The van der Waals surface area contributed by atoms with E-state index in [1.54, 1.807) is 0 Å². The Morgan fingerprint density at radius 2 is 2.00 bits per heavy atom. The number of nitrogens with two attached hydrogens (primary N) is 1. The number of carbonyl (C=O) groups is 1. The van der Waals surface area contributed by atoms with Crippen LogP contribution in [0.4, 0.5) is 5.69 Å². The second kappa shape index (κ2) is 9.53. The first kappa shape index (κ1) is 17.7. The highest BCUT2D eigenvalue weighted by atomic mass is 16.2. The molecule has 1 rings (SSSR count). The van der Waals surface area contributed by atoms with Crippen LogP contribution in [-0.4, -0.2) is 29.9 Å². The summed E-state index contributed by atoms with van der Waals surface area (Å²) in [6, 6.07) is 7.59. The molecule has 0 aliphatic heterocycles. The third kappa shape index (κ3) is 6.27. The van der Waals surface area contributed by atoms with E-state index in [9.17, 15) is 4.79 Å². The van der Waals surface area contributed by atoms with Gasteiger partial charge in [0.25, 0.3) is 0 Å². The molecule has 4 nitrogen and oxygen atoms in total. The molecule has 0 saturated heterocycles. The first-order chi connectivity index (χ1) is 10.1. The molecule has 3 N–H and O–H groups in total. The van der Waals surface area contributed by atoms with E-state index in [4.69, 9.17) is 5.73 Å². The standard InChI is InChI=1S/C17H29N3O/c1-4-7-11-16(18)17(21)19-15-10-8-9-14(12-15)13-20(5-2)6-3/h8-10,12,16H,4-7,11,13,18H2,1-3H3,(H,19,21)/t16-/m0/s1. The number of hydrogen-bond acceptors (Lipinski definition) is 3. The molecule has 1 aromatic carbocycles. The minimum atomic E-state index is -0.420. The summed E-state index contributed by atoms with van der Waals surface area (Å²) in [5.41, 5.74) is 7.93. The Balaban J connectivity index is 2.61. The van der Waals surface area contributed by atoms with Crippen molar-refractivity contribution in [1.29, 1.82) is 0 Å². The molecule has 0 aliphatic carbocycles. The molecule has 0 aromatic heterocycles. The molecular formula is C17H29N3O. The highest BCUT2D eigenvalue weighted by Crippen LogP contribution is 2.13. The first-order valence-corrected chi connectivity index (χ1v) is 7.98. The monoisotopic (exact) mass is 291 g/mol. The molecule has 0 saturated carbocycles. The van der Waals surface area contributed by atoms with Crippen molar-refractivity contribution in [1.82, 2.24) is 4.90 Å². The van der Waals surface area contributed by atoms with Gasteiger partial charge in [-0.3, -0.25) is 9.69 Å². The Morgan fingerprint density at radius 1 is 1.29 bits per heavy atom. The fourth-order valence-electron chi connectivity index (χ4n) is 2.24. The molecule has 0 bridgehead atoms. The Hall–Kier alpha value is -1.39. The molecule has 0 radical (unpaired) electrons. The number of nitrogens with zero attached hydrogens (tertiary/aromatic N) is 1. The number of nitrogens with one attached hydrogen (secondary N) is 1. The lowest BCUT2D eigenvalue weighted by Crippen LogP contribution is -2.35. The minimum absolute atomic E-state index is 0.0940. The topological polar surface area (TPSA) is 58.4 Å². The number of amides is 1. The average Bonchev–Trinajstić information content (AvgIpc) is 2.50. The van der Waals surface area contributed by atoms with Crippen molar-refractivity contribution in [2.24, 2.45) is 5.73 Å². The van der Waals surface area contributed by atoms with Crippen molar-refractivity contribution in [3.8, 4) is 0 Å². The Morgan fingerprint density at radius 3 is 2.62 bits per heavy atom. The fraction of sp³-hybridized carbons (Fsp3) is 0.588. The van der Waals surface area contributed by atoms with Gasteiger partial charge in [0.1, 0.15) is 0 Å². The molecule has 1 atom stereocenters. The molecule has 0 fully saturated rings. The number of carbonyl (C=O) groups excluding carboxylic acids is 1. The second-order valence-electron chi connectivity index (χ2n) is 5.40. The zero-order chi connectivity index (χ0) is 15.7. The van der Waals surface area contributed by atoms with Crippen molar-refractivity contribution >= 4 is 11.6 Å². The summed E-state index contributed by atoms with van der Waals surface area (Å²) in [5.74, 6) is -0.0940. The van der Waals surface area contributed by atoms with Gasteiger partial charge < -0.3 is 11.1 Å². The third-order valence-corrected chi connectivity index (χ3v) is 3.70. The van der Waals surface area contributed by atoms with Crippen LogP contribution in [0.25, 0.3) is 0 Å².